The van der Waals surface area contributed by atoms with Gasteiger partial charge in [-0.3, -0.25) is 4.90 Å². The summed E-state index contributed by atoms with van der Waals surface area (Å²) in [5.74, 6) is 0.204. The molecule has 2 aromatic rings. The normalized spacial score (nSPS) is 21.5. The van der Waals surface area contributed by atoms with Crippen LogP contribution in [0.4, 0.5) is 4.79 Å². The van der Waals surface area contributed by atoms with Crippen molar-refractivity contribution < 1.29 is 23.8 Å². The molecule has 1 amide bonds. The number of likely N-dealkylation sites (tertiary alicyclic amines) is 1. The Morgan fingerprint density at radius 3 is 2.58 bits per heavy atom. The molecule has 2 aliphatic rings. The second kappa shape index (κ2) is 9.41. The molecule has 0 radical (unpaired) electrons. The number of pyridine rings is 1. The number of carbonyl (C=O) groups is 2. The van der Waals surface area contributed by atoms with E-state index >= 15 is 0 Å². The second-order valence-electron chi connectivity index (χ2n) is 9.20. The quantitative estimate of drug-likeness (QED) is 0.545. The minimum atomic E-state index is -0.775. The van der Waals surface area contributed by atoms with Crippen molar-refractivity contribution in [1.29, 1.82) is 0 Å². The summed E-state index contributed by atoms with van der Waals surface area (Å²) < 4.78 is 17.1. The standard InChI is InChI=1S/C24H28N2O5.C2H6/c1-15-20-17(16-9-6-7-11-18(16)25-15)10-8-12-24(30-20)13-19(21(27)29-5)26(14-24)22(28)31-23(2,3)4;1-2/h6-11,19H,12-14H2,1-5H3;1-2H3/t19-,24?;/m0./s1. The van der Waals surface area contributed by atoms with Gasteiger partial charge in [0.15, 0.2) is 0 Å². The van der Waals surface area contributed by atoms with Gasteiger partial charge in [-0.2, -0.15) is 0 Å². The zero-order valence-electron chi connectivity index (χ0n) is 20.6. The zero-order chi connectivity index (χ0) is 24.4. The predicted octanol–water partition coefficient (Wildman–Crippen LogP) is 5.29. The van der Waals surface area contributed by atoms with Crippen LogP contribution in [0, 0.1) is 6.92 Å². The molecule has 1 unspecified atom stereocenters. The van der Waals surface area contributed by atoms with Crippen molar-refractivity contribution in [3.8, 4) is 5.75 Å². The van der Waals surface area contributed by atoms with Crippen LogP contribution in [0.15, 0.2) is 30.3 Å². The third-order valence-electron chi connectivity index (χ3n) is 5.65. The first-order chi connectivity index (χ1) is 15.6. The third-order valence-corrected chi connectivity index (χ3v) is 5.65. The lowest BCUT2D eigenvalue weighted by molar-refractivity contribution is -0.145. The second-order valence-corrected chi connectivity index (χ2v) is 9.20. The zero-order valence-corrected chi connectivity index (χ0v) is 20.6. The maximum Gasteiger partial charge on any atom is 0.411 e. The van der Waals surface area contributed by atoms with Crippen LogP contribution in [0.5, 0.6) is 5.75 Å². The number of ether oxygens (including phenoxy) is 3. The number of fused-ring (bicyclic) bond motifs is 3. The molecule has 2 aliphatic heterocycles. The fourth-order valence-corrected chi connectivity index (χ4v) is 4.32. The van der Waals surface area contributed by atoms with Gasteiger partial charge in [0.25, 0.3) is 0 Å². The maximum absolute atomic E-state index is 12.9. The van der Waals surface area contributed by atoms with Gasteiger partial charge >= 0.3 is 12.1 Å². The summed E-state index contributed by atoms with van der Waals surface area (Å²) in [6.45, 7) is 11.5. The molecule has 178 valence electrons. The molecule has 1 aromatic carbocycles. The van der Waals surface area contributed by atoms with Gasteiger partial charge in [0, 0.05) is 23.8 Å². The number of aryl methyl sites for hydroxylation is 1. The number of para-hydroxylation sites is 1. The van der Waals surface area contributed by atoms with Crippen molar-refractivity contribution in [2.75, 3.05) is 13.7 Å². The van der Waals surface area contributed by atoms with Crippen LogP contribution in [0.3, 0.4) is 0 Å². The van der Waals surface area contributed by atoms with Crippen molar-refractivity contribution in [3.63, 3.8) is 0 Å². The fraction of sp³-hybridized carbons (Fsp3) is 0.500. The van der Waals surface area contributed by atoms with E-state index in [1.165, 1.54) is 12.0 Å². The lowest BCUT2D eigenvalue weighted by atomic mass is 9.96. The average molecular weight is 455 g/mol. The first kappa shape index (κ1) is 24.6. The summed E-state index contributed by atoms with van der Waals surface area (Å²) in [7, 11) is 1.32. The number of carbonyl (C=O) groups excluding carboxylic acids is 2. The summed E-state index contributed by atoms with van der Waals surface area (Å²) in [6.07, 6.45) is 4.40. The Kier molecular flexibility index (Phi) is 7.00. The summed E-state index contributed by atoms with van der Waals surface area (Å²) >= 11 is 0. The topological polar surface area (TPSA) is 78.0 Å². The number of amides is 1. The van der Waals surface area contributed by atoms with E-state index in [1.807, 2.05) is 57.2 Å². The molecule has 1 saturated heterocycles. The van der Waals surface area contributed by atoms with E-state index in [9.17, 15) is 9.59 Å². The van der Waals surface area contributed by atoms with E-state index in [1.54, 1.807) is 20.8 Å². The van der Waals surface area contributed by atoms with E-state index in [0.717, 1.165) is 22.2 Å². The number of nitrogens with zero attached hydrogens (tertiary/aromatic N) is 2. The first-order valence-electron chi connectivity index (χ1n) is 11.4. The van der Waals surface area contributed by atoms with E-state index in [-0.39, 0.29) is 6.54 Å². The van der Waals surface area contributed by atoms with Crippen LogP contribution < -0.4 is 4.74 Å². The van der Waals surface area contributed by atoms with Gasteiger partial charge in [-0.15, -0.1) is 0 Å². The first-order valence-corrected chi connectivity index (χ1v) is 11.4. The summed E-state index contributed by atoms with van der Waals surface area (Å²) in [6, 6.07) is 7.15. The largest absolute Gasteiger partial charge is 0.482 e. The van der Waals surface area contributed by atoms with Crippen LogP contribution in [-0.2, 0) is 14.3 Å². The molecule has 0 bridgehead atoms. The van der Waals surface area contributed by atoms with E-state index in [2.05, 4.69) is 0 Å². The highest BCUT2D eigenvalue weighted by Gasteiger charge is 2.52. The van der Waals surface area contributed by atoms with Crippen molar-refractivity contribution in [3.05, 3.63) is 41.6 Å². The van der Waals surface area contributed by atoms with E-state index < -0.39 is 29.3 Å². The number of esters is 1. The van der Waals surface area contributed by atoms with Crippen LogP contribution in [0.1, 0.15) is 58.7 Å². The molecular formula is C26H34N2O5. The molecule has 3 heterocycles. The van der Waals surface area contributed by atoms with Crippen LogP contribution >= 0.6 is 0 Å². The molecule has 33 heavy (non-hydrogen) atoms. The molecule has 1 aromatic heterocycles. The minimum absolute atomic E-state index is 0.220. The number of methoxy groups -OCH3 is 1. The van der Waals surface area contributed by atoms with Gasteiger partial charge < -0.3 is 14.2 Å². The van der Waals surface area contributed by atoms with Crippen molar-refractivity contribution in [2.24, 2.45) is 0 Å². The molecule has 1 spiro atoms. The molecule has 7 heteroatoms. The Balaban J connectivity index is 0.00000149. The fourth-order valence-electron chi connectivity index (χ4n) is 4.32. The Morgan fingerprint density at radius 1 is 1.21 bits per heavy atom. The number of aromatic nitrogens is 1. The summed E-state index contributed by atoms with van der Waals surface area (Å²) in [5.41, 5.74) is 1.18. The number of benzene rings is 1. The molecule has 2 atom stereocenters. The maximum atomic E-state index is 12.9. The molecule has 0 N–H and O–H groups in total. The monoisotopic (exact) mass is 454 g/mol. The molecule has 1 fully saturated rings. The predicted molar refractivity (Wildman–Crippen MR) is 128 cm³/mol. The average Bonchev–Trinajstić information content (AvgIpc) is 3.04. The Hall–Kier alpha value is -3.09. The van der Waals surface area contributed by atoms with Crippen molar-refractivity contribution in [2.45, 2.75) is 71.6 Å². The highest BCUT2D eigenvalue weighted by atomic mass is 16.6. The van der Waals surface area contributed by atoms with Gasteiger partial charge in [0.1, 0.15) is 23.0 Å². The highest BCUT2D eigenvalue weighted by Crippen LogP contribution is 2.42. The Morgan fingerprint density at radius 2 is 1.91 bits per heavy atom. The third kappa shape index (κ3) is 4.97. The smallest absolute Gasteiger partial charge is 0.411 e. The minimum Gasteiger partial charge on any atom is -0.482 e. The number of rotatable bonds is 1. The number of hydrogen-bond donors (Lipinski definition) is 0. The van der Waals surface area contributed by atoms with E-state index in [0.29, 0.717) is 18.6 Å². The van der Waals surface area contributed by atoms with Crippen molar-refractivity contribution >= 4 is 29.0 Å². The van der Waals surface area contributed by atoms with Crippen LogP contribution in [0.2, 0.25) is 0 Å². The highest BCUT2D eigenvalue weighted by molar-refractivity contribution is 5.91. The lowest BCUT2D eigenvalue weighted by Gasteiger charge is -2.30. The molecule has 4 rings (SSSR count). The van der Waals surface area contributed by atoms with Gasteiger partial charge in [-0.25, -0.2) is 14.6 Å². The van der Waals surface area contributed by atoms with Crippen molar-refractivity contribution in [1.82, 2.24) is 9.88 Å². The molecule has 7 nitrogen and oxygen atoms in total. The SMILES string of the molecule is CC.COC(=O)[C@@H]1CC2(CC=Cc3c(c(C)nc4ccccc34)O2)CN1C(=O)OC(C)(C)C. The molecule has 0 aliphatic carbocycles. The van der Waals surface area contributed by atoms with Gasteiger partial charge in [-0.1, -0.05) is 44.2 Å². The van der Waals surface area contributed by atoms with Gasteiger partial charge in [0.2, 0.25) is 0 Å². The Labute approximate surface area is 195 Å². The number of hydrogen-bond acceptors (Lipinski definition) is 6. The van der Waals surface area contributed by atoms with Crippen LogP contribution in [0.25, 0.3) is 17.0 Å². The van der Waals surface area contributed by atoms with Gasteiger partial charge in [-0.05, 0) is 33.8 Å². The summed E-state index contributed by atoms with van der Waals surface area (Å²) in [5, 5.41) is 1.00. The lowest BCUT2D eigenvalue weighted by Crippen LogP contribution is -2.45. The summed E-state index contributed by atoms with van der Waals surface area (Å²) in [4.78, 5) is 31.6. The Bertz CT molecular complexity index is 1070. The van der Waals surface area contributed by atoms with E-state index in [4.69, 9.17) is 19.2 Å². The molecule has 0 saturated carbocycles. The van der Waals surface area contributed by atoms with Gasteiger partial charge in [0.05, 0.1) is 24.9 Å². The molecular weight excluding hydrogens is 420 g/mol. The van der Waals surface area contributed by atoms with Crippen LogP contribution in [-0.4, -0.2) is 52.8 Å².